The average molecular weight is 405 g/mol. The number of carbonyl (C=O) groups is 1. The highest BCUT2D eigenvalue weighted by molar-refractivity contribution is 6.74. The highest BCUT2D eigenvalue weighted by Gasteiger charge is 2.41. The Bertz CT molecular complexity index is 448. The zero-order chi connectivity index (χ0) is 21.0. The van der Waals surface area contributed by atoms with Crippen molar-refractivity contribution >= 4 is 22.6 Å². The molecule has 0 rings (SSSR count). The van der Waals surface area contributed by atoms with Gasteiger partial charge < -0.3 is 14.0 Å². The van der Waals surface area contributed by atoms with Gasteiger partial charge in [0.15, 0.2) is 16.6 Å². The molecule has 0 heterocycles. The van der Waals surface area contributed by atoms with Crippen LogP contribution in [0.15, 0.2) is 0 Å². The SMILES string of the molecule is C[C@@H](CO[Si](C)(C)C(C)(C)C)[C@H](CCCC(=O)O)O[Si](C)(C)C(C)(C)C. The lowest BCUT2D eigenvalue weighted by Gasteiger charge is -2.42. The summed E-state index contributed by atoms with van der Waals surface area (Å²) >= 11 is 0. The molecule has 0 spiro atoms. The first-order valence-electron chi connectivity index (χ1n) is 9.94. The van der Waals surface area contributed by atoms with Gasteiger partial charge in [-0.1, -0.05) is 48.5 Å². The van der Waals surface area contributed by atoms with Crippen molar-refractivity contribution in [3.05, 3.63) is 0 Å². The van der Waals surface area contributed by atoms with Crippen LogP contribution in [0.25, 0.3) is 0 Å². The molecule has 1 N–H and O–H groups in total. The van der Waals surface area contributed by atoms with Crippen LogP contribution in [-0.2, 0) is 13.6 Å². The van der Waals surface area contributed by atoms with Gasteiger partial charge in [0.2, 0.25) is 0 Å². The van der Waals surface area contributed by atoms with E-state index in [1.807, 2.05) is 0 Å². The van der Waals surface area contributed by atoms with Gasteiger partial charge in [-0.05, 0) is 49.1 Å². The molecular formula is C20H44O4Si2. The van der Waals surface area contributed by atoms with Gasteiger partial charge in [-0.25, -0.2) is 0 Å². The van der Waals surface area contributed by atoms with Crippen LogP contribution in [0.5, 0.6) is 0 Å². The first kappa shape index (κ1) is 25.8. The first-order chi connectivity index (χ1) is 11.4. The highest BCUT2D eigenvalue weighted by Crippen LogP contribution is 2.40. The molecule has 0 aromatic heterocycles. The number of hydrogen-bond donors (Lipinski definition) is 1. The number of hydrogen-bond acceptors (Lipinski definition) is 3. The maximum Gasteiger partial charge on any atom is 0.303 e. The van der Waals surface area contributed by atoms with Gasteiger partial charge in [-0.15, -0.1) is 0 Å². The van der Waals surface area contributed by atoms with Crippen molar-refractivity contribution in [3.63, 3.8) is 0 Å². The quantitative estimate of drug-likeness (QED) is 0.435. The number of rotatable bonds is 10. The molecule has 0 aliphatic heterocycles. The van der Waals surface area contributed by atoms with Gasteiger partial charge in [0, 0.05) is 25.0 Å². The van der Waals surface area contributed by atoms with E-state index in [0.717, 1.165) is 6.42 Å². The fourth-order valence-electron chi connectivity index (χ4n) is 2.13. The Kier molecular flexibility index (Phi) is 9.28. The summed E-state index contributed by atoms with van der Waals surface area (Å²) < 4.78 is 13.1. The van der Waals surface area contributed by atoms with Gasteiger partial charge in [-0.2, -0.15) is 0 Å². The van der Waals surface area contributed by atoms with Gasteiger partial charge in [-0.3, -0.25) is 4.79 Å². The Morgan fingerprint density at radius 1 is 0.962 bits per heavy atom. The lowest BCUT2D eigenvalue weighted by Crippen LogP contribution is -2.47. The van der Waals surface area contributed by atoms with E-state index in [-0.39, 0.29) is 28.5 Å². The monoisotopic (exact) mass is 404 g/mol. The molecule has 26 heavy (non-hydrogen) atoms. The lowest BCUT2D eigenvalue weighted by atomic mass is 10.0. The van der Waals surface area contributed by atoms with Crippen molar-refractivity contribution < 1.29 is 18.8 Å². The summed E-state index contributed by atoms with van der Waals surface area (Å²) in [7, 11) is -3.71. The number of carboxylic acids is 1. The third kappa shape index (κ3) is 8.23. The molecular weight excluding hydrogens is 360 g/mol. The molecule has 6 heteroatoms. The highest BCUT2D eigenvalue weighted by atomic mass is 28.4. The van der Waals surface area contributed by atoms with Crippen LogP contribution in [0.3, 0.4) is 0 Å². The maximum absolute atomic E-state index is 10.9. The average Bonchev–Trinajstić information content (AvgIpc) is 2.40. The second-order valence-electron chi connectivity index (χ2n) is 10.8. The first-order valence-corrected chi connectivity index (χ1v) is 15.8. The van der Waals surface area contributed by atoms with E-state index in [1.54, 1.807) is 0 Å². The minimum absolute atomic E-state index is 0.0556. The van der Waals surface area contributed by atoms with Crippen molar-refractivity contribution in [1.29, 1.82) is 0 Å². The van der Waals surface area contributed by atoms with E-state index >= 15 is 0 Å². The maximum atomic E-state index is 10.9. The summed E-state index contributed by atoms with van der Waals surface area (Å²) in [6.07, 6.45) is 1.69. The zero-order valence-electron chi connectivity index (χ0n) is 19.2. The second-order valence-corrected chi connectivity index (χ2v) is 20.3. The van der Waals surface area contributed by atoms with E-state index < -0.39 is 22.6 Å². The van der Waals surface area contributed by atoms with Crippen LogP contribution < -0.4 is 0 Å². The van der Waals surface area contributed by atoms with Crippen molar-refractivity contribution in [2.24, 2.45) is 5.92 Å². The van der Waals surface area contributed by atoms with E-state index in [0.29, 0.717) is 13.0 Å². The summed E-state index contributed by atoms with van der Waals surface area (Å²) in [6, 6.07) is 0. The van der Waals surface area contributed by atoms with Crippen molar-refractivity contribution in [1.82, 2.24) is 0 Å². The zero-order valence-corrected chi connectivity index (χ0v) is 21.2. The molecule has 0 saturated carbocycles. The Balaban J connectivity index is 5.11. The van der Waals surface area contributed by atoms with E-state index in [2.05, 4.69) is 74.7 Å². The number of aliphatic carboxylic acids is 1. The summed E-state index contributed by atoms with van der Waals surface area (Å²) in [5.41, 5.74) is 0. The molecule has 0 aliphatic rings. The third-order valence-corrected chi connectivity index (χ3v) is 15.3. The Morgan fingerprint density at radius 3 is 1.81 bits per heavy atom. The van der Waals surface area contributed by atoms with Crippen LogP contribution in [0.1, 0.15) is 67.7 Å². The molecule has 0 radical (unpaired) electrons. The minimum Gasteiger partial charge on any atom is -0.481 e. The summed E-state index contributed by atoms with van der Waals surface area (Å²) in [6.45, 7) is 25.4. The predicted molar refractivity (Wildman–Crippen MR) is 116 cm³/mol. The molecule has 0 aromatic carbocycles. The Morgan fingerprint density at radius 2 is 1.42 bits per heavy atom. The molecule has 0 aliphatic carbocycles. The fourth-order valence-corrected chi connectivity index (χ4v) is 4.71. The summed E-state index contributed by atoms with van der Waals surface area (Å²) in [4.78, 5) is 10.9. The second kappa shape index (κ2) is 9.35. The Hall–Kier alpha value is -0.176. The molecule has 0 amide bonds. The van der Waals surface area contributed by atoms with Crippen molar-refractivity contribution in [2.45, 2.75) is 110 Å². The van der Waals surface area contributed by atoms with Crippen molar-refractivity contribution in [2.75, 3.05) is 6.61 Å². The van der Waals surface area contributed by atoms with E-state index in [9.17, 15) is 4.79 Å². The van der Waals surface area contributed by atoms with Crippen LogP contribution in [-0.4, -0.2) is 40.4 Å². The molecule has 0 fully saturated rings. The van der Waals surface area contributed by atoms with Crippen LogP contribution in [0, 0.1) is 5.92 Å². The van der Waals surface area contributed by atoms with Crippen LogP contribution in [0.4, 0.5) is 0 Å². The molecule has 156 valence electrons. The molecule has 0 unspecified atom stereocenters. The topological polar surface area (TPSA) is 55.8 Å². The molecule has 0 aromatic rings. The fraction of sp³-hybridized carbons (Fsp3) is 0.950. The summed E-state index contributed by atoms with van der Waals surface area (Å²) in [5.74, 6) is -0.478. The summed E-state index contributed by atoms with van der Waals surface area (Å²) in [5, 5.41) is 9.30. The van der Waals surface area contributed by atoms with Crippen LogP contribution >= 0.6 is 0 Å². The molecule has 0 bridgehead atoms. The molecule has 4 nitrogen and oxygen atoms in total. The lowest BCUT2D eigenvalue weighted by molar-refractivity contribution is -0.137. The van der Waals surface area contributed by atoms with E-state index in [4.69, 9.17) is 14.0 Å². The molecule has 2 atom stereocenters. The van der Waals surface area contributed by atoms with Gasteiger partial charge in [0.1, 0.15) is 0 Å². The Labute approximate surface area is 164 Å². The normalized spacial score (nSPS) is 16.4. The largest absolute Gasteiger partial charge is 0.481 e. The van der Waals surface area contributed by atoms with Gasteiger partial charge >= 0.3 is 5.97 Å². The smallest absolute Gasteiger partial charge is 0.303 e. The third-order valence-electron chi connectivity index (χ3n) is 6.28. The standard InChI is InChI=1S/C20H44O4Si2/c1-16(15-23-25(8,9)19(2,3)4)17(13-12-14-18(21)22)24-26(10,11)20(5,6)7/h16-17H,12-15H2,1-11H3,(H,21,22)/t16-,17-/m0/s1. The van der Waals surface area contributed by atoms with Gasteiger partial charge in [0.05, 0.1) is 0 Å². The van der Waals surface area contributed by atoms with Crippen LogP contribution in [0.2, 0.25) is 36.3 Å². The van der Waals surface area contributed by atoms with Gasteiger partial charge in [0.25, 0.3) is 0 Å². The minimum atomic E-state index is -1.91. The molecule has 0 saturated heterocycles. The predicted octanol–water partition coefficient (Wildman–Crippen LogP) is 6.29. The van der Waals surface area contributed by atoms with Crippen molar-refractivity contribution in [3.8, 4) is 0 Å². The van der Waals surface area contributed by atoms with E-state index in [1.165, 1.54) is 0 Å². The number of carboxylic acid groups (broad SMARTS) is 1.